The molecule has 0 atom stereocenters. The highest BCUT2D eigenvalue weighted by Gasteiger charge is 2.05. The molecule has 0 saturated carbocycles. The van der Waals surface area contributed by atoms with Gasteiger partial charge in [0, 0.05) is 12.1 Å². The number of benzene rings is 2. The largest absolute Gasteiger partial charge is 0.491 e. The van der Waals surface area contributed by atoms with Crippen molar-refractivity contribution in [3.63, 3.8) is 0 Å². The Balaban J connectivity index is 1.90. The molecule has 0 spiro atoms. The first-order chi connectivity index (χ1) is 10.0. The van der Waals surface area contributed by atoms with E-state index in [1.165, 1.54) is 0 Å². The average molecular weight is 283 g/mol. The molecule has 21 heavy (non-hydrogen) atoms. The van der Waals surface area contributed by atoms with Crippen LogP contribution < -0.4 is 10.1 Å². The van der Waals surface area contributed by atoms with Crippen molar-refractivity contribution in [1.82, 2.24) is 5.32 Å². The highest BCUT2D eigenvalue weighted by atomic mass is 16.5. The summed E-state index contributed by atoms with van der Waals surface area (Å²) >= 11 is 0. The summed E-state index contributed by atoms with van der Waals surface area (Å²) in [6.45, 7) is 6.50. The van der Waals surface area contributed by atoms with E-state index >= 15 is 0 Å². The zero-order valence-corrected chi connectivity index (χ0v) is 12.7. The molecule has 2 rings (SSSR count). The predicted molar refractivity (Wildman–Crippen MR) is 84.6 cm³/mol. The van der Waals surface area contributed by atoms with E-state index in [0.717, 1.165) is 16.9 Å². The second-order valence-corrected chi connectivity index (χ2v) is 5.36. The number of rotatable bonds is 5. The van der Waals surface area contributed by atoms with Gasteiger partial charge in [0.1, 0.15) is 5.75 Å². The summed E-state index contributed by atoms with van der Waals surface area (Å²) in [7, 11) is 0. The third-order valence-electron chi connectivity index (χ3n) is 3.06. The first-order valence-corrected chi connectivity index (χ1v) is 7.15. The Kier molecular flexibility index (Phi) is 4.99. The van der Waals surface area contributed by atoms with E-state index < -0.39 is 0 Å². The molecule has 1 N–H and O–H groups in total. The Morgan fingerprint density at radius 3 is 2.24 bits per heavy atom. The van der Waals surface area contributed by atoms with Gasteiger partial charge >= 0.3 is 0 Å². The van der Waals surface area contributed by atoms with E-state index in [4.69, 9.17) is 4.74 Å². The van der Waals surface area contributed by atoms with Crippen LogP contribution in [0.2, 0.25) is 0 Å². The topological polar surface area (TPSA) is 38.3 Å². The van der Waals surface area contributed by atoms with Crippen LogP contribution in [-0.2, 0) is 6.54 Å². The van der Waals surface area contributed by atoms with Gasteiger partial charge in [0.15, 0.2) is 0 Å². The highest BCUT2D eigenvalue weighted by Crippen LogP contribution is 2.13. The third-order valence-corrected chi connectivity index (χ3v) is 3.06. The van der Waals surface area contributed by atoms with E-state index in [0.29, 0.717) is 12.1 Å². The van der Waals surface area contributed by atoms with Gasteiger partial charge in [-0.3, -0.25) is 4.79 Å². The van der Waals surface area contributed by atoms with Crippen LogP contribution in [0, 0.1) is 6.92 Å². The van der Waals surface area contributed by atoms with Crippen LogP contribution in [0.1, 0.15) is 35.3 Å². The predicted octanol–water partition coefficient (Wildman–Crippen LogP) is 3.71. The molecule has 0 unspecified atom stereocenters. The van der Waals surface area contributed by atoms with Crippen molar-refractivity contribution in [3.8, 4) is 5.75 Å². The SMILES string of the molecule is Cc1ccc(C(=O)NCc2ccc(OC(C)C)cc2)cc1. The molecular formula is C18H21NO2. The van der Waals surface area contributed by atoms with Crippen LogP contribution in [0.3, 0.4) is 0 Å². The van der Waals surface area contributed by atoms with Crippen LogP contribution in [0.4, 0.5) is 0 Å². The first-order valence-electron chi connectivity index (χ1n) is 7.15. The summed E-state index contributed by atoms with van der Waals surface area (Å²) in [6, 6.07) is 15.3. The fourth-order valence-corrected chi connectivity index (χ4v) is 1.95. The first kappa shape index (κ1) is 15.1. The Bertz CT molecular complexity index is 586. The number of hydrogen-bond acceptors (Lipinski definition) is 2. The Labute approximate surface area is 126 Å². The molecule has 2 aromatic carbocycles. The minimum Gasteiger partial charge on any atom is -0.491 e. The van der Waals surface area contributed by atoms with Gasteiger partial charge in [-0.2, -0.15) is 0 Å². The van der Waals surface area contributed by atoms with Gasteiger partial charge in [-0.1, -0.05) is 29.8 Å². The maximum Gasteiger partial charge on any atom is 0.251 e. The maximum atomic E-state index is 12.0. The number of ether oxygens (including phenoxy) is 1. The molecule has 0 aliphatic rings. The Morgan fingerprint density at radius 1 is 1.05 bits per heavy atom. The van der Waals surface area contributed by atoms with Gasteiger partial charge in [0.05, 0.1) is 6.10 Å². The van der Waals surface area contributed by atoms with Gasteiger partial charge in [-0.25, -0.2) is 0 Å². The minimum atomic E-state index is -0.0579. The van der Waals surface area contributed by atoms with E-state index in [1.807, 2.05) is 69.3 Å². The lowest BCUT2D eigenvalue weighted by Crippen LogP contribution is -2.22. The lowest BCUT2D eigenvalue weighted by Gasteiger charge is -2.10. The zero-order chi connectivity index (χ0) is 15.2. The van der Waals surface area contributed by atoms with Gasteiger partial charge in [-0.15, -0.1) is 0 Å². The van der Waals surface area contributed by atoms with Crippen molar-refractivity contribution >= 4 is 5.91 Å². The number of carbonyl (C=O) groups excluding carboxylic acids is 1. The average Bonchev–Trinajstić information content (AvgIpc) is 2.46. The van der Waals surface area contributed by atoms with E-state index in [1.54, 1.807) is 0 Å². The van der Waals surface area contributed by atoms with Crippen molar-refractivity contribution in [3.05, 3.63) is 65.2 Å². The molecular weight excluding hydrogens is 262 g/mol. The minimum absolute atomic E-state index is 0.0579. The zero-order valence-electron chi connectivity index (χ0n) is 12.7. The molecule has 0 aliphatic heterocycles. The van der Waals surface area contributed by atoms with E-state index in [2.05, 4.69) is 5.32 Å². The Morgan fingerprint density at radius 2 is 1.67 bits per heavy atom. The van der Waals surface area contributed by atoms with Gasteiger partial charge < -0.3 is 10.1 Å². The standard InChI is InChI=1S/C18H21NO2/c1-13(2)21-17-10-6-15(7-11-17)12-19-18(20)16-8-4-14(3)5-9-16/h4-11,13H,12H2,1-3H3,(H,19,20). The van der Waals surface area contributed by atoms with Crippen LogP contribution in [0.15, 0.2) is 48.5 Å². The monoisotopic (exact) mass is 283 g/mol. The molecule has 0 aliphatic carbocycles. The summed E-state index contributed by atoms with van der Waals surface area (Å²) in [5, 5.41) is 2.92. The number of aryl methyl sites for hydroxylation is 1. The van der Waals surface area contributed by atoms with E-state index in [9.17, 15) is 4.79 Å². The van der Waals surface area contributed by atoms with E-state index in [-0.39, 0.29) is 12.0 Å². The number of amides is 1. The summed E-state index contributed by atoms with van der Waals surface area (Å²) in [6.07, 6.45) is 0.164. The summed E-state index contributed by atoms with van der Waals surface area (Å²) in [5.41, 5.74) is 2.87. The molecule has 0 fully saturated rings. The van der Waals surface area contributed by atoms with Gasteiger partial charge in [0.25, 0.3) is 5.91 Å². The molecule has 0 aromatic heterocycles. The number of hydrogen-bond donors (Lipinski definition) is 1. The summed E-state index contributed by atoms with van der Waals surface area (Å²) in [5.74, 6) is 0.788. The maximum absolute atomic E-state index is 12.0. The number of carbonyl (C=O) groups is 1. The molecule has 110 valence electrons. The molecule has 2 aromatic rings. The second kappa shape index (κ2) is 6.93. The molecule has 0 bridgehead atoms. The molecule has 0 heterocycles. The lowest BCUT2D eigenvalue weighted by atomic mass is 10.1. The van der Waals surface area contributed by atoms with Gasteiger partial charge in [0.2, 0.25) is 0 Å². The lowest BCUT2D eigenvalue weighted by molar-refractivity contribution is 0.0951. The second-order valence-electron chi connectivity index (χ2n) is 5.36. The third kappa shape index (κ3) is 4.63. The van der Waals surface area contributed by atoms with Crippen LogP contribution in [-0.4, -0.2) is 12.0 Å². The highest BCUT2D eigenvalue weighted by molar-refractivity contribution is 5.94. The van der Waals surface area contributed by atoms with Crippen molar-refractivity contribution in [2.75, 3.05) is 0 Å². The molecule has 3 heteroatoms. The van der Waals surface area contributed by atoms with Crippen molar-refractivity contribution in [1.29, 1.82) is 0 Å². The number of nitrogens with one attached hydrogen (secondary N) is 1. The summed E-state index contributed by atoms with van der Waals surface area (Å²) in [4.78, 5) is 12.0. The van der Waals surface area contributed by atoms with Crippen molar-refractivity contribution in [2.24, 2.45) is 0 Å². The fourth-order valence-electron chi connectivity index (χ4n) is 1.95. The van der Waals surface area contributed by atoms with Crippen LogP contribution in [0.5, 0.6) is 5.75 Å². The molecule has 3 nitrogen and oxygen atoms in total. The molecule has 1 amide bonds. The fraction of sp³-hybridized carbons (Fsp3) is 0.278. The van der Waals surface area contributed by atoms with Crippen LogP contribution in [0.25, 0.3) is 0 Å². The van der Waals surface area contributed by atoms with Crippen LogP contribution >= 0.6 is 0 Å². The smallest absolute Gasteiger partial charge is 0.251 e. The Hall–Kier alpha value is -2.29. The van der Waals surface area contributed by atoms with Crippen molar-refractivity contribution < 1.29 is 9.53 Å². The quantitative estimate of drug-likeness (QED) is 0.908. The molecule has 0 saturated heterocycles. The normalized spacial score (nSPS) is 10.5. The van der Waals surface area contributed by atoms with Gasteiger partial charge in [-0.05, 0) is 50.6 Å². The van der Waals surface area contributed by atoms with Crippen molar-refractivity contribution in [2.45, 2.75) is 33.4 Å². The summed E-state index contributed by atoms with van der Waals surface area (Å²) < 4.78 is 5.59. The molecule has 0 radical (unpaired) electrons.